The van der Waals surface area contributed by atoms with Crippen molar-refractivity contribution >= 4 is 17.5 Å². The van der Waals surface area contributed by atoms with E-state index in [1.165, 1.54) is 6.20 Å². The van der Waals surface area contributed by atoms with Gasteiger partial charge in [-0.2, -0.15) is 5.10 Å². The number of hydrogen-bond donors (Lipinski definition) is 1. The molecule has 6 heteroatoms. The average molecular weight is 246 g/mol. The van der Waals surface area contributed by atoms with Gasteiger partial charge in [0.25, 0.3) is 5.91 Å². The lowest BCUT2D eigenvalue weighted by molar-refractivity contribution is 0.0938. The van der Waals surface area contributed by atoms with E-state index < -0.39 is 0 Å². The van der Waals surface area contributed by atoms with E-state index in [4.69, 9.17) is 16.3 Å². The summed E-state index contributed by atoms with van der Waals surface area (Å²) in [7, 11) is 1.63. The van der Waals surface area contributed by atoms with Crippen LogP contribution in [0.4, 0.5) is 0 Å². The van der Waals surface area contributed by atoms with Gasteiger partial charge in [-0.3, -0.25) is 9.48 Å². The summed E-state index contributed by atoms with van der Waals surface area (Å²) < 4.78 is 6.47. The molecule has 1 rings (SSSR count). The lowest BCUT2D eigenvalue weighted by Gasteiger charge is -2.06. The van der Waals surface area contributed by atoms with Crippen LogP contribution in [-0.2, 0) is 11.3 Å². The van der Waals surface area contributed by atoms with Gasteiger partial charge in [0, 0.05) is 26.8 Å². The molecular weight excluding hydrogens is 230 g/mol. The lowest BCUT2D eigenvalue weighted by Crippen LogP contribution is -2.27. The third-order valence-corrected chi connectivity index (χ3v) is 2.40. The molecule has 0 bridgehead atoms. The molecule has 0 fully saturated rings. The number of nitrogens with zero attached hydrogens (tertiary/aromatic N) is 2. The second-order valence-corrected chi connectivity index (χ2v) is 3.67. The SMILES string of the molecule is CCn1ncc(Cl)c1C(=O)NCCCOC. The van der Waals surface area contributed by atoms with E-state index in [2.05, 4.69) is 10.4 Å². The number of nitrogens with one attached hydrogen (secondary N) is 1. The van der Waals surface area contributed by atoms with Crippen LogP contribution in [-0.4, -0.2) is 35.9 Å². The fourth-order valence-electron chi connectivity index (χ4n) is 1.33. The van der Waals surface area contributed by atoms with E-state index in [-0.39, 0.29) is 5.91 Å². The fourth-order valence-corrected chi connectivity index (χ4v) is 1.56. The predicted molar refractivity (Wildman–Crippen MR) is 61.7 cm³/mol. The number of halogens is 1. The van der Waals surface area contributed by atoms with Crippen LogP contribution in [0.5, 0.6) is 0 Å². The topological polar surface area (TPSA) is 56.2 Å². The van der Waals surface area contributed by atoms with E-state index in [9.17, 15) is 4.79 Å². The van der Waals surface area contributed by atoms with Crippen LogP contribution < -0.4 is 5.32 Å². The van der Waals surface area contributed by atoms with Gasteiger partial charge in [-0.05, 0) is 13.3 Å². The van der Waals surface area contributed by atoms with Crippen LogP contribution in [0, 0.1) is 0 Å². The zero-order valence-corrected chi connectivity index (χ0v) is 10.3. The van der Waals surface area contributed by atoms with Gasteiger partial charge in [-0.25, -0.2) is 0 Å². The first-order valence-electron chi connectivity index (χ1n) is 5.19. The van der Waals surface area contributed by atoms with Crippen molar-refractivity contribution in [3.63, 3.8) is 0 Å². The van der Waals surface area contributed by atoms with E-state index in [1.54, 1.807) is 11.8 Å². The molecule has 0 saturated carbocycles. The second-order valence-electron chi connectivity index (χ2n) is 3.26. The second kappa shape index (κ2) is 6.50. The summed E-state index contributed by atoms with van der Waals surface area (Å²) in [6.07, 6.45) is 2.26. The minimum absolute atomic E-state index is 0.194. The van der Waals surface area contributed by atoms with Crippen molar-refractivity contribution in [3.8, 4) is 0 Å². The molecular formula is C10H16ClN3O2. The third kappa shape index (κ3) is 3.21. The monoisotopic (exact) mass is 245 g/mol. The molecule has 0 aliphatic carbocycles. The van der Waals surface area contributed by atoms with E-state index in [0.29, 0.717) is 30.4 Å². The molecule has 0 radical (unpaired) electrons. The maximum atomic E-state index is 11.8. The Morgan fingerprint density at radius 3 is 3.06 bits per heavy atom. The van der Waals surface area contributed by atoms with E-state index in [1.807, 2.05) is 6.92 Å². The molecule has 1 heterocycles. The summed E-state index contributed by atoms with van der Waals surface area (Å²) in [5, 5.41) is 7.15. The lowest BCUT2D eigenvalue weighted by atomic mass is 10.3. The highest BCUT2D eigenvalue weighted by Crippen LogP contribution is 2.14. The van der Waals surface area contributed by atoms with Gasteiger partial charge < -0.3 is 10.1 Å². The number of aryl methyl sites for hydroxylation is 1. The molecule has 0 saturated heterocycles. The largest absolute Gasteiger partial charge is 0.385 e. The minimum Gasteiger partial charge on any atom is -0.385 e. The molecule has 0 aliphatic heterocycles. The normalized spacial score (nSPS) is 10.4. The molecule has 5 nitrogen and oxygen atoms in total. The zero-order valence-electron chi connectivity index (χ0n) is 9.49. The highest BCUT2D eigenvalue weighted by Gasteiger charge is 2.15. The molecule has 0 spiro atoms. The molecule has 0 aromatic carbocycles. The van der Waals surface area contributed by atoms with Crippen molar-refractivity contribution in [2.75, 3.05) is 20.3 Å². The van der Waals surface area contributed by atoms with Crippen LogP contribution in [0.3, 0.4) is 0 Å². The predicted octanol–water partition coefficient (Wildman–Crippen LogP) is 1.32. The van der Waals surface area contributed by atoms with Crippen molar-refractivity contribution in [1.82, 2.24) is 15.1 Å². The van der Waals surface area contributed by atoms with Crippen molar-refractivity contribution in [2.24, 2.45) is 0 Å². The van der Waals surface area contributed by atoms with Gasteiger partial charge in [0.2, 0.25) is 0 Å². The van der Waals surface area contributed by atoms with Gasteiger partial charge >= 0.3 is 0 Å². The van der Waals surface area contributed by atoms with Gasteiger partial charge in [0.1, 0.15) is 5.69 Å². The molecule has 0 aliphatic rings. The first kappa shape index (κ1) is 13.0. The number of ether oxygens (including phenoxy) is 1. The molecule has 16 heavy (non-hydrogen) atoms. The maximum absolute atomic E-state index is 11.8. The quantitative estimate of drug-likeness (QED) is 0.770. The van der Waals surface area contributed by atoms with Gasteiger partial charge in [-0.1, -0.05) is 11.6 Å². The van der Waals surface area contributed by atoms with Gasteiger partial charge in [0.15, 0.2) is 0 Å². The molecule has 1 aromatic rings. The summed E-state index contributed by atoms with van der Waals surface area (Å²) >= 11 is 5.89. The van der Waals surface area contributed by atoms with Crippen molar-refractivity contribution in [3.05, 3.63) is 16.9 Å². The molecule has 0 unspecified atom stereocenters. The Hall–Kier alpha value is -1.07. The van der Waals surface area contributed by atoms with Gasteiger partial charge in [-0.15, -0.1) is 0 Å². The highest BCUT2D eigenvalue weighted by atomic mass is 35.5. The number of amides is 1. The number of rotatable bonds is 6. The van der Waals surface area contributed by atoms with E-state index >= 15 is 0 Å². The maximum Gasteiger partial charge on any atom is 0.271 e. The van der Waals surface area contributed by atoms with Crippen LogP contribution in [0.25, 0.3) is 0 Å². The first-order valence-corrected chi connectivity index (χ1v) is 5.57. The van der Waals surface area contributed by atoms with E-state index in [0.717, 1.165) is 6.42 Å². The summed E-state index contributed by atoms with van der Waals surface area (Å²) in [4.78, 5) is 11.8. The first-order chi connectivity index (χ1) is 7.70. The molecule has 0 atom stereocenters. The number of methoxy groups -OCH3 is 1. The Kier molecular flexibility index (Phi) is 5.28. The van der Waals surface area contributed by atoms with Crippen molar-refractivity contribution < 1.29 is 9.53 Å². The summed E-state index contributed by atoms with van der Waals surface area (Å²) in [6.45, 7) is 3.72. The summed E-state index contributed by atoms with van der Waals surface area (Å²) in [5.41, 5.74) is 0.418. The summed E-state index contributed by atoms with van der Waals surface area (Å²) in [6, 6.07) is 0. The number of carbonyl (C=O) groups excluding carboxylic acids is 1. The highest BCUT2D eigenvalue weighted by molar-refractivity contribution is 6.33. The Morgan fingerprint density at radius 2 is 2.44 bits per heavy atom. The Morgan fingerprint density at radius 1 is 1.69 bits per heavy atom. The smallest absolute Gasteiger partial charge is 0.271 e. The standard InChI is InChI=1S/C10H16ClN3O2/c1-3-14-9(8(11)7-13-14)10(15)12-5-4-6-16-2/h7H,3-6H2,1-2H3,(H,12,15). The van der Waals surface area contributed by atoms with Crippen LogP contribution in [0.1, 0.15) is 23.8 Å². The molecule has 1 aromatic heterocycles. The number of hydrogen-bond acceptors (Lipinski definition) is 3. The molecule has 1 amide bonds. The molecule has 1 N–H and O–H groups in total. The minimum atomic E-state index is -0.194. The Bertz CT molecular complexity index is 352. The van der Waals surface area contributed by atoms with Crippen LogP contribution >= 0.6 is 11.6 Å². The van der Waals surface area contributed by atoms with Crippen molar-refractivity contribution in [1.29, 1.82) is 0 Å². The molecule has 90 valence electrons. The summed E-state index contributed by atoms with van der Waals surface area (Å²) in [5.74, 6) is -0.194. The average Bonchev–Trinajstić information content (AvgIpc) is 2.65. The Balaban J connectivity index is 2.55. The number of aromatic nitrogens is 2. The zero-order chi connectivity index (χ0) is 12.0. The number of carbonyl (C=O) groups is 1. The fraction of sp³-hybridized carbons (Fsp3) is 0.600. The van der Waals surface area contributed by atoms with Crippen LogP contribution in [0.2, 0.25) is 5.02 Å². The van der Waals surface area contributed by atoms with Gasteiger partial charge in [0.05, 0.1) is 11.2 Å². The third-order valence-electron chi connectivity index (χ3n) is 2.12. The van der Waals surface area contributed by atoms with Crippen LogP contribution in [0.15, 0.2) is 6.20 Å². The van der Waals surface area contributed by atoms with Crippen molar-refractivity contribution in [2.45, 2.75) is 19.9 Å². The Labute approximate surface area is 99.7 Å².